The van der Waals surface area contributed by atoms with Gasteiger partial charge in [0.25, 0.3) is 11.9 Å². The van der Waals surface area contributed by atoms with Gasteiger partial charge in [0.05, 0.1) is 17.6 Å². The number of hydrogen-bond acceptors (Lipinski definition) is 6. The van der Waals surface area contributed by atoms with E-state index in [9.17, 15) is 4.79 Å². The minimum Gasteiger partial charge on any atom is -0.424 e. The third-order valence-electron chi connectivity index (χ3n) is 6.85. The van der Waals surface area contributed by atoms with Crippen LogP contribution in [0.3, 0.4) is 0 Å². The number of amides is 1. The molecule has 3 heterocycles. The molecule has 1 aliphatic heterocycles. The Bertz CT molecular complexity index is 1250. The minimum absolute atomic E-state index is 0.0251. The zero-order valence-corrected chi connectivity index (χ0v) is 17.7. The van der Waals surface area contributed by atoms with Gasteiger partial charge in [0, 0.05) is 24.0 Å². The standard InChI is InChI=1S/C25H23N5O2/c1-15-16-13-20(29-25-28-19-9-4-5-10-22(19)32-25)21(14-16)30(15)24(31)18-8-3-2-7-17(18)23-26-11-6-12-27-23/h2-12,15-16,20-21H,13-14H2,1H3,(H,28,29)/t15-,16-,20-,21+/m1/s1. The van der Waals surface area contributed by atoms with Gasteiger partial charge in [-0.15, -0.1) is 0 Å². The molecule has 1 aliphatic carbocycles. The van der Waals surface area contributed by atoms with E-state index in [1.807, 2.05) is 53.4 Å². The summed E-state index contributed by atoms with van der Waals surface area (Å²) in [7, 11) is 0. The summed E-state index contributed by atoms with van der Waals surface area (Å²) in [6.07, 6.45) is 5.38. The molecule has 2 aromatic carbocycles. The molecule has 1 saturated heterocycles. The van der Waals surface area contributed by atoms with E-state index in [0.29, 0.717) is 23.3 Å². The third kappa shape index (κ3) is 3.04. The molecular weight excluding hydrogens is 402 g/mol. The largest absolute Gasteiger partial charge is 0.424 e. The average molecular weight is 425 g/mol. The second kappa shape index (κ2) is 7.44. The van der Waals surface area contributed by atoms with Crippen molar-refractivity contribution in [2.24, 2.45) is 5.92 Å². The molecule has 4 atom stereocenters. The van der Waals surface area contributed by atoms with Crippen molar-refractivity contribution in [3.63, 3.8) is 0 Å². The Morgan fingerprint density at radius 2 is 1.81 bits per heavy atom. The summed E-state index contributed by atoms with van der Waals surface area (Å²) in [6.45, 7) is 2.15. The molecule has 1 amide bonds. The summed E-state index contributed by atoms with van der Waals surface area (Å²) < 4.78 is 5.88. The first-order valence-electron chi connectivity index (χ1n) is 11.0. The number of fused-ring (bicyclic) bond motifs is 3. The fraction of sp³-hybridized carbons (Fsp3) is 0.280. The number of hydrogen-bond donors (Lipinski definition) is 1. The van der Waals surface area contributed by atoms with Crippen LogP contribution in [0.1, 0.15) is 30.1 Å². The first kappa shape index (κ1) is 19.0. The molecule has 1 saturated carbocycles. The lowest BCUT2D eigenvalue weighted by molar-refractivity contribution is 0.0598. The van der Waals surface area contributed by atoms with Crippen LogP contribution in [0.2, 0.25) is 0 Å². The molecule has 6 rings (SSSR count). The molecule has 7 heteroatoms. The predicted molar refractivity (Wildman–Crippen MR) is 121 cm³/mol. The lowest BCUT2D eigenvalue weighted by atomic mass is 9.96. The topological polar surface area (TPSA) is 84.2 Å². The number of piperidine rings is 1. The van der Waals surface area contributed by atoms with Crippen molar-refractivity contribution in [1.29, 1.82) is 0 Å². The molecule has 1 N–H and O–H groups in total. The minimum atomic E-state index is 0.0251. The van der Waals surface area contributed by atoms with Crippen molar-refractivity contribution < 1.29 is 9.21 Å². The molecule has 0 radical (unpaired) electrons. The number of nitrogens with zero attached hydrogens (tertiary/aromatic N) is 4. The summed E-state index contributed by atoms with van der Waals surface area (Å²) in [4.78, 5) is 29.1. The van der Waals surface area contributed by atoms with E-state index in [4.69, 9.17) is 4.42 Å². The number of para-hydroxylation sites is 2. The summed E-state index contributed by atoms with van der Waals surface area (Å²) in [6, 6.07) is 18.0. The van der Waals surface area contributed by atoms with Crippen LogP contribution in [0.25, 0.3) is 22.5 Å². The predicted octanol–water partition coefficient (Wildman–Crippen LogP) is 4.39. The van der Waals surface area contributed by atoms with Crippen LogP contribution in [-0.4, -0.2) is 43.9 Å². The van der Waals surface area contributed by atoms with Crippen LogP contribution in [-0.2, 0) is 0 Å². The van der Waals surface area contributed by atoms with Gasteiger partial charge in [-0.1, -0.05) is 30.3 Å². The zero-order chi connectivity index (χ0) is 21.7. The second-order valence-corrected chi connectivity index (χ2v) is 8.61. The molecule has 32 heavy (non-hydrogen) atoms. The van der Waals surface area contributed by atoms with Gasteiger partial charge < -0.3 is 14.6 Å². The highest BCUT2D eigenvalue weighted by Gasteiger charge is 2.52. The Balaban J connectivity index is 1.29. The molecule has 2 aliphatic rings. The fourth-order valence-electron chi connectivity index (χ4n) is 5.31. The maximum Gasteiger partial charge on any atom is 0.295 e. The summed E-state index contributed by atoms with van der Waals surface area (Å²) in [5.41, 5.74) is 2.99. The number of oxazole rings is 1. The Morgan fingerprint density at radius 1 is 1.03 bits per heavy atom. The van der Waals surface area contributed by atoms with Gasteiger partial charge in [-0.3, -0.25) is 4.79 Å². The van der Waals surface area contributed by atoms with Crippen LogP contribution in [0.15, 0.2) is 71.4 Å². The number of rotatable bonds is 4. The SMILES string of the molecule is C[C@@H]1[C@@H]2C[C@@H](Nc3nc4ccccc4o3)[C@H](C2)N1C(=O)c1ccccc1-c1ncccn1. The smallest absolute Gasteiger partial charge is 0.295 e. The van der Waals surface area contributed by atoms with E-state index in [0.717, 1.165) is 29.5 Å². The van der Waals surface area contributed by atoms with Crippen molar-refractivity contribution in [2.75, 3.05) is 5.32 Å². The highest BCUT2D eigenvalue weighted by Crippen LogP contribution is 2.44. The molecule has 7 nitrogen and oxygen atoms in total. The Labute approximate surface area is 185 Å². The van der Waals surface area contributed by atoms with E-state index in [-0.39, 0.29) is 24.0 Å². The van der Waals surface area contributed by atoms with Crippen molar-refractivity contribution in [3.05, 3.63) is 72.6 Å². The second-order valence-electron chi connectivity index (χ2n) is 8.61. The van der Waals surface area contributed by atoms with Gasteiger partial charge in [-0.25, -0.2) is 9.97 Å². The maximum absolute atomic E-state index is 13.8. The number of likely N-dealkylation sites (tertiary alicyclic amines) is 1. The fourth-order valence-corrected chi connectivity index (χ4v) is 5.31. The molecule has 160 valence electrons. The lowest BCUT2D eigenvalue weighted by Gasteiger charge is -2.38. The van der Waals surface area contributed by atoms with Crippen LogP contribution in [0.5, 0.6) is 0 Å². The number of nitrogens with one attached hydrogen (secondary N) is 1. The van der Waals surface area contributed by atoms with Gasteiger partial charge in [0.1, 0.15) is 5.52 Å². The zero-order valence-electron chi connectivity index (χ0n) is 17.7. The van der Waals surface area contributed by atoms with Crippen molar-refractivity contribution in [1.82, 2.24) is 19.9 Å². The number of carbonyl (C=O) groups is 1. The quantitative estimate of drug-likeness (QED) is 0.522. The highest BCUT2D eigenvalue weighted by atomic mass is 16.4. The molecule has 0 unspecified atom stereocenters. The van der Waals surface area contributed by atoms with Crippen molar-refractivity contribution in [3.8, 4) is 11.4 Å². The van der Waals surface area contributed by atoms with Crippen LogP contribution in [0, 0.1) is 5.92 Å². The van der Waals surface area contributed by atoms with Crippen molar-refractivity contribution in [2.45, 2.75) is 37.9 Å². The third-order valence-corrected chi connectivity index (χ3v) is 6.85. The number of anilines is 1. The molecule has 0 spiro atoms. The van der Waals surface area contributed by atoms with Gasteiger partial charge in [0.15, 0.2) is 11.4 Å². The Kier molecular flexibility index (Phi) is 4.41. The molecule has 2 fully saturated rings. The monoisotopic (exact) mass is 425 g/mol. The number of carbonyl (C=O) groups excluding carboxylic acids is 1. The lowest BCUT2D eigenvalue weighted by Crippen LogP contribution is -2.51. The van der Waals surface area contributed by atoms with Crippen LogP contribution >= 0.6 is 0 Å². The molecular formula is C25H23N5O2. The van der Waals surface area contributed by atoms with E-state index in [1.165, 1.54) is 0 Å². The average Bonchev–Trinajstić information content (AvgIpc) is 3.52. The van der Waals surface area contributed by atoms with Crippen LogP contribution in [0.4, 0.5) is 6.01 Å². The summed E-state index contributed by atoms with van der Waals surface area (Å²) >= 11 is 0. The molecule has 4 aromatic rings. The normalized spacial score (nSPS) is 24.2. The molecule has 2 bridgehead atoms. The summed E-state index contributed by atoms with van der Waals surface area (Å²) in [5.74, 6) is 1.04. The number of aromatic nitrogens is 3. The first-order valence-corrected chi connectivity index (χ1v) is 11.0. The number of benzene rings is 2. The van der Waals surface area contributed by atoms with E-state index < -0.39 is 0 Å². The van der Waals surface area contributed by atoms with Gasteiger partial charge >= 0.3 is 0 Å². The molecule has 2 aromatic heterocycles. The first-order chi connectivity index (χ1) is 15.7. The van der Waals surface area contributed by atoms with Crippen LogP contribution < -0.4 is 5.32 Å². The Morgan fingerprint density at radius 3 is 2.62 bits per heavy atom. The van der Waals surface area contributed by atoms with E-state index >= 15 is 0 Å². The Hall–Kier alpha value is -3.74. The van der Waals surface area contributed by atoms with Crippen molar-refractivity contribution >= 4 is 23.0 Å². The summed E-state index contributed by atoms with van der Waals surface area (Å²) in [5, 5.41) is 3.47. The highest BCUT2D eigenvalue weighted by molar-refractivity contribution is 6.00. The van der Waals surface area contributed by atoms with Gasteiger partial charge in [0.2, 0.25) is 0 Å². The van der Waals surface area contributed by atoms with E-state index in [2.05, 4.69) is 27.2 Å². The van der Waals surface area contributed by atoms with Gasteiger partial charge in [-0.05, 0) is 49.9 Å². The maximum atomic E-state index is 13.8. The van der Waals surface area contributed by atoms with Gasteiger partial charge in [-0.2, -0.15) is 4.98 Å². The van der Waals surface area contributed by atoms with E-state index in [1.54, 1.807) is 18.5 Å².